The number of carboxylic acid groups (broad SMARTS) is 1. The van der Waals surface area contributed by atoms with E-state index in [4.69, 9.17) is 10.8 Å². The minimum absolute atomic E-state index is 0.00952. The number of nitrogens with two attached hydrogens (primary N) is 1. The van der Waals surface area contributed by atoms with E-state index in [9.17, 15) is 14.4 Å². The molecule has 0 aromatic carbocycles. The van der Waals surface area contributed by atoms with Crippen molar-refractivity contribution in [1.29, 1.82) is 0 Å². The van der Waals surface area contributed by atoms with Gasteiger partial charge in [0.15, 0.2) is 0 Å². The van der Waals surface area contributed by atoms with Crippen LogP contribution in [0.5, 0.6) is 0 Å². The molecule has 7 heteroatoms. The summed E-state index contributed by atoms with van der Waals surface area (Å²) < 4.78 is 0. The van der Waals surface area contributed by atoms with Gasteiger partial charge in [-0.15, -0.1) is 0 Å². The van der Waals surface area contributed by atoms with Crippen LogP contribution in [-0.4, -0.2) is 52.4 Å². The maximum Gasteiger partial charge on any atom is 0.308 e. The van der Waals surface area contributed by atoms with E-state index in [1.54, 1.807) is 4.90 Å². The molecular weight excluding hydrogens is 256 g/mol. The van der Waals surface area contributed by atoms with Crippen molar-refractivity contribution in [2.45, 2.75) is 13.3 Å². The van der Waals surface area contributed by atoms with Gasteiger partial charge in [-0.25, -0.2) is 0 Å². The number of carbonyl (C=O) groups excluding carboxylic acids is 2. The number of carbonyl (C=O) groups is 3. The third-order valence-electron chi connectivity index (χ3n) is 2.99. The summed E-state index contributed by atoms with van der Waals surface area (Å²) in [6.07, 6.45) is 0.316. The topological polar surface area (TPSA) is 101 Å². The van der Waals surface area contributed by atoms with Crippen LogP contribution < -0.4 is 5.73 Å². The molecule has 2 unspecified atom stereocenters. The molecule has 3 N–H and O–H groups in total. The number of hydrogen-bond donors (Lipinski definition) is 2. The third-order valence-corrected chi connectivity index (χ3v) is 3.97. The molecule has 0 bridgehead atoms. The SMILES string of the molecule is CC1CN(C(=O)CCSCC(N)=O)CC1C(=O)O. The normalized spacial score (nSPS) is 23.1. The molecule has 0 radical (unpaired) electrons. The number of thioether (sulfide) groups is 1. The van der Waals surface area contributed by atoms with Crippen LogP contribution in [0.2, 0.25) is 0 Å². The Morgan fingerprint density at radius 1 is 1.39 bits per heavy atom. The fourth-order valence-electron chi connectivity index (χ4n) is 1.98. The van der Waals surface area contributed by atoms with Gasteiger partial charge < -0.3 is 15.7 Å². The Bertz CT molecular complexity index is 348. The van der Waals surface area contributed by atoms with E-state index in [2.05, 4.69) is 0 Å². The summed E-state index contributed by atoms with van der Waals surface area (Å²) in [6, 6.07) is 0. The van der Waals surface area contributed by atoms with E-state index >= 15 is 0 Å². The molecule has 1 fully saturated rings. The molecule has 18 heavy (non-hydrogen) atoms. The largest absolute Gasteiger partial charge is 0.481 e. The van der Waals surface area contributed by atoms with Crippen LogP contribution in [0, 0.1) is 11.8 Å². The first-order valence-electron chi connectivity index (χ1n) is 5.78. The quantitative estimate of drug-likeness (QED) is 0.652. The Morgan fingerprint density at radius 2 is 2.06 bits per heavy atom. The number of amides is 2. The Kier molecular flexibility index (Phi) is 5.46. The first-order valence-corrected chi connectivity index (χ1v) is 6.94. The maximum absolute atomic E-state index is 11.8. The van der Waals surface area contributed by atoms with Gasteiger partial charge in [-0.1, -0.05) is 6.92 Å². The molecule has 2 atom stereocenters. The first kappa shape index (κ1) is 14.8. The van der Waals surface area contributed by atoms with Gasteiger partial charge in [0.1, 0.15) is 0 Å². The lowest BCUT2D eigenvalue weighted by atomic mass is 9.99. The average Bonchev–Trinajstić information content (AvgIpc) is 2.66. The average molecular weight is 274 g/mol. The van der Waals surface area contributed by atoms with Gasteiger partial charge in [0.25, 0.3) is 0 Å². The van der Waals surface area contributed by atoms with Crippen molar-refractivity contribution < 1.29 is 19.5 Å². The minimum atomic E-state index is -0.846. The van der Waals surface area contributed by atoms with Gasteiger partial charge in [-0.2, -0.15) is 11.8 Å². The van der Waals surface area contributed by atoms with Crippen molar-refractivity contribution in [2.24, 2.45) is 17.6 Å². The second kappa shape index (κ2) is 6.63. The number of rotatable bonds is 6. The van der Waals surface area contributed by atoms with E-state index in [1.807, 2.05) is 6.92 Å². The van der Waals surface area contributed by atoms with E-state index in [0.717, 1.165) is 0 Å². The smallest absolute Gasteiger partial charge is 0.308 e. The van der Waals surface area contributed by atoms with Gasteiger partial charge in [0.2, 0.25) is 11.8 Å². The maximum atomic E-state index is 11.8. The van der Waals surface area contributed by atoms with Gasteiger partial charge >= 0.3 is 5.97 Å². The number of likely N-dealkylation sites (tertiary alicyclic amines) is 1. The molecular formula is C11H18N2O4S. The van der Waals surface area contributed by atoms with Gasteiger partial charge in [-0.05, 0) is 5.92 Å². The number of hydrogen-bond acceptors (Lipinski definition) is 4. The zero-order valence-corrected chi connectivity index (χ0v) is 11.1. The van der Waals surface area contributed by atoms with Crippen molar-refractivity contribution in [3.8, 4) is 0 Å². The molecule has 2 amide bonds. The molecule has 1 heterocycles. The molecule has 1 aliphatic rings. The Balaban J connectivity index is 2.31. The summed E-state index contributed by atoms with van der Waals surface area (Å²) in [5.41, 5.74) is 4.98. The Hall–Kier alpha value is -1.24. The van der Waals surface area contributed by atoms with Crippen LogP contribution in [0.1, 0.15) is 13.3 Å². The highest BCUT2D eigenvalue weighted by Gasteiger charge is 2.36. The monoisotopic (exact) mass is 274 g/mol. The van der Waals surface area contributed by atoms with Crippen molar-refractivity contribution in [2.75, 3.05) is 24.6 Å². The summed E-state index contributed by atoms with van der Waals surface area (Å²) in [5.74, 6) is -1.03. The fraction of sp³-hybridized carbons (Fsp3) is 0.727. The van der Waals surface area contributed by atoms with Crippen molar-refractivity contribution >= 4 is 29.5 Å². The number of nitrogens with zero attached hydrogens (tertiary/aromatic N) is 1. The zero-order valence-electron chi connectivity index (χ0n) is 10.3. The highest BCUT2D eigenvalue weighted by Crippen LogP contribution is 2.23. The second-order valence-corrected chi connectivity index (χ2v) is 5.59. The van der Waals surface area contributed by atoms with Gasteiger partial charge in [0.05, 0.1) is 11.7 Å². The van der Waals surface area contributed by atoms with Crippen LogP contribution in [0.15, 0.2) is 0 Å². The lowest BCUT2D eigenvalue weighted by Gasteiger charge is -2.15. The fourth-order valence-corrected chi connectivity index (χ4v) is 2.65. The molecule has 0 aromatic rings. The molecule has 0 aliphatic carbocycles. The van der Waals surface area contributed by atoms with Gasteiger partial charge in [-0.3, -0.25) is 14.4 Å². The van der Waals surface area contributed by atoms with Crippen molar-refractivity contribution in [3.63, 3.8) is 0 Å². The minimum Gasteiger partial charge on any atom is -0.481 e. The molecule has 0 aromatic heterocycles. The second-order valence-electron chi connectivity index (χ2n) is 4.49. The Morgan fingerprint density at radius 3 is 2.56 bits per heavy atom. The van der Waals surface area contributed by atoms with Crippen LogP contribution in [0.4, 0.5) is 0 Å². The predicted octanol–water partition coefficient (Wildman–Crippen LogP) is -0.226. The van der Waals surface area contributed by atoms with Gasteiger partial charge in [0, 0.05) is 25.3 Å². The van der Waals surface area contributed by atoms with E-state index in [0.29, 0.717) is 18.7 Å². The van der Waals surface area contributed by atoms with E-state index in [1.165, 1.54) is 11.8 Å². The molecule has 102 valence electrons. The van der Waals surface area contributed by atoms with E-state index in [-0.39, 0.29) is 24.1 Å². The molecule has 0 spiro atoms. The molecule has 1 rings (SSSR count). The van der Waals surface area contributed by atoms with E-state index < -0.39 is 17.8 Å². The summed E-state index contributed by atoms with van der Waals surface area (Å²) >= 11 is 1.32. The predicted molar refractivity (Wildman–Crippen MR) is 68.0 cm³/mol. The third kappa shape index (κ3) is 4.21. The lowest BCUT2D eigenvalue weighted by molar-refractivity contribution is -0.142. The van der Waals surface area contributed by atoms with Crippen LogP contribution in [0.3, 0.4) is 0 Å². The molecule has 0 saturated carbocycles. The highest BCUT2D eigenvalue weighted by molar-refractivity contribution is 7.99. The number of carboxylic acids is 1. The summed E-state index contributed by atoms with van der Waals surface area (Å²) in [6.45, 7) is 2.63. The highest BCUT2D eigenvalue weighted by atomic mass is 32.2. The first-order chi connectivity index (χ1) is 8.41. The standard InChI is InChI=1S/C11H18N2O4S/c1-7-4-13(5-8(7)11(16)17)10(15)2-3-18-6-9(12)14/h7-8H,2-6H2,1H3,(H2,12,14)(H,16,17). The molecule has 6 nitrogen and oxygen atoms in total. The van der Waals surface area contributed by atoms with Crippen LogP contribution >= 0.6 is 11.8 Å². The number of aliphatic carboxylic acids is 1. The van der Waals surface area contributed by atoms with Crippen molar-refractivity contribution in [3.05, 3.63) is 0 Å². The van der Waals surface area contributed by atoms with Crippen LogP contribution in [-0.2, 0) is 14.4 Å². The molecule has 1 aliphatic heterocycles. The number of primary amides is 1. The Labute approximate surface area is 110 Å². The zero-order chi connectivity index (χ0) is 13.7. The van der Waals surface area contributed by atoms with Crippen molar-refractivity contribution in [1.82, 2.24) is 4.90 Å². The lowest BCUT2D eigenvalue weighted by Crippen LogP contribution is -2.30. The summed E-state index contributed by atoms with van der Waals surface area (Å²) in [5, 5.41) is 8.96. The summed E-state index contributed by atoms with van der Waals surface area (Å²) in [7, 11) is 0. The van der Waals surface area contributed by atoms with Crippen LogP contribution in [0.25, 0.3) is 0 Å². The summed E-state index contributed by atoms with van der Waals surface area (Å²) in [4.78, 5) is 34.8. The molecule has 1 saturated heterocycles.